The fourth-order valence-electron chi connectivity index (χ4n) is 2.89. The molecule has 2 heteroatoms. The molecule has 1 aliphatic carbocycles. The van der Waals surface area contributed by atoms with Gasteiger partial charge in [-0.3, -0.25) is 0 Å². The molecule has 0 radical (unpaired) electrons. The van der Waals surface area contributed by atoms with E-state index in [1.807, 2.05) is 0 Å². The van der Waals surface area contributed by atoms with Crippen molar-refractivity contribution in [3.05, 3.63) is 0 Å². The highest BCUT2D eigenvalue weighted by Gasteiger charge is 2.32. The van der Waals surface area contributed by atoms with E-state index in [0.29, 0.717) is 11.5 Å². The van der Waals surface area contributed by atoms with E-state index in [-0.39, 0.29) is 0 Å². The third-order valence-corrected chi connectivity index (χ3v) is 4.79. The van der Waals surface area contributed by atoms with Crippen LogP contribution in [0.3, 0.4) is 0 Å². The Morgan fingerprint density at radius 2 is 1.65 bits per heavy atom. The summed E-state index contributed by atoms with van der Waals surface area (Å²) in [6.45, 7) is 9.74. The van der Waals surface area contributed by atoms with E-state index >= 15 is 0 Å². The molecule has 1 aliphatic rings. The largest absolute Gasteiger partial charge is 0.389 e. The zero-order valence-electron chi connectivity index (χ0n) is 12.4. The van der Waals surface area contributed by atoms with Crippen LogP contribution in [0, 0.1) is 5.41 Å². The van der Waals surface area contributed by atoms with Crippen molar-refractivity contribution in [2.75, 3.05) is 13.6 Å². The van der Waals surface area contributed by atoms with Gasteiger partial charge in [0.25, 0.3) is 0 Å². The molecule has 0 atom stereocenters. The smallest absolute Gasteiger partial charge is 0.0768 e. The highest BCUT2D eigenvalue weighted by molar-refractivity contribution is 4.86. The number of hydrogen-bond acceptors (Lipinski definition) is 2. The maximum atomic E-state index is 10.4. The van der Waals surface area contributed by atoms with Crippen LogP contribution >= 0.6 is 0 Å². The van der Waals surface area contributed by atoms with Crippen molar-refractivity contribution in [2.45, 2.75) is 77.9 Å². The van der Waals surface area contributed by atoms with Crippen molar-refractivity contribution >= 4 is 0 Å². The average Bonchev–Trinajstić information content (AvgIpc) is 2.28. The molecular formula is C15H31NO. The molecule has 102 valence electrons. The second-order valence-corrected chi connectivity index (χ2v) is 6.74. The first-order chi connectivity index (χ1) is 7.82. The lowest BCUT2D eigenvalue weighted by Crippen LogP contribution is -2.46. The third-order valence-electron chi connectivity index (χ3n) is 4.79. The fraction of sp³-hybridized carbons (Fsp3) is 1.00. The molecule has 0 bridgehead atoms. The zero-order chi connectivity index (χ0) is 13.1. The standard InChI is InChI=1S/C15H31NO/c1-6-15(17,7-2)12-16(5)13-8-10-14(3,4)11-9-13/h13,17H,6-12H2,1-5H3. The topological polar surface area (TPSA) is 23.5 Å². The summed E-state index contributed by atoms with van der Waals surface area (Å²) in [5, 5.41) is 10.4. The first-order valence-corrected chi connectivity index (χ1v) is 7.24. The molecule has 0 saturated heterocycles. The second-order valence-electron chi connectivity index (χ2n) is 6.74. The molecule has 0 unspecified atom stereocenters. The minimum Gasteiger partial charge on any atom is -0.389 e. The Bertz CT molecular complexity index is 223. The highest BCUT2D eigenvalue weighted by atomic mass is 16.3. The summed E-state index contributed by atoms with van der Waals surface area (Å²) >= 11 is 0. The Labute approximate surface area is 107 Å². The van der Waals surface area contributed by atoms with Gasteiger partial charge in [0.15, 0.2) is 0 Å². The van der Waals surface area contributed by atoms with Gasteiger partial charge in [-0.25, -0.2) is 0 Å². The Morgan fingerprint density at radius 1 is 1.18 bits per heavy atom. The normalized spacial score (nSPS) is 22.1. The first-order valence-electron chi connectivity index (χ1n) is 7.24. The molecule has 2 nitrogen and oxygen atoms in total. The molecule has 0 amide bonds. The summed E-state index contributed by atoms with van der Waals surface area (Å²) in [6, 6.07) is 0.674. The SMILES string of the molecule is CCC(O)(CC)CN(C)C1CCC(C)(C)CC1. The third kappa shape index (κ3) is 4.26. The highest BCUT2D eigenvalue weighted by Crippen LogP contribution is 2.37. The minimum atomic E-state index is -0.484. The van der Waals surface area contributed by atoms with Gasteiger partial charge in [0.1, 0.15) is 0 Å². The van der Waals surface area contributed by atoms with Gasteiger partial charge in [-0.05, 0) is 51.0 Å². The number of hydrogen-bond donors (Lipinski definition) is 1. The van der Waals surface area contributed by atoms with E-state index in [1.165, 1.54) is 25.7 Å². The van der Waals surface area contributed by atoms with Gasteiger partial charge < -0.3 is 10.0 Å². The van der Waals surface area contributed by atoms with E-state index in [1.54, 1.807) is 0 Å². The Balaban J connectivity index is 2.46. The summed E-state index contributed by atoms with van der Waals surface area (Å²) in [5.74, 6) is 0. The summed E-state index contributed by atoms with van der Waals surface area (Å²) in [6.07, 6.45) is 6.91. The molecule has 0 spiro atoms. The van der Waals surface area contributed by atoms with Gasteiger partial charge in [0, 0.05) is 12.6 Å². The van der Waals surface area contributed by atoms with Crippen LogP contribution in [0.1, 0.15) is 66.2 Å². The zero-order valence-corrected chi connectivity index (χ0v) is 12.4. The molecule has 0 aromatic carbocycles. The van der Waals surface area contributed by atoms with Crippen molar-refractivity contribution in [2.24, 2.45) is 5.41 Å². The Kier molecular flexibility index (Phi) is 5.03. The van der Waals surface area contributed by atoms with Crippen molar-refractivity contribution in [1.82, 2.24) is 4.90 Å². The Morgan fingerprint density at radius 3 is 2.06 bits per heavy atom. The summed E-state index contributed by atoms with van der Waals surface area (Å²) in [5.41, 5.74) is 0.0465. The van der Waals surface area contributed by atoms with Gasteiger partial charge >= 0.3 is 0 Å². The number of rotatable bonds is 5. The minimum absolute atomic E-state index is 0.484. The molecule has 1 fully saturated rings. The van der Waals surface area contributed by atoms with Crippen molar-refractivity contribution in [1.29, 1.82) is 0 Å². The second kappa shape index (κ2) is 5.71. The van der Waals surface area contributed by atoms with Gasteiger partial charge in [0.2, 0.25) is 0 Å². The quantitative estimate of drug-likeness (QED) is 0.797. The predicted octanol–water partition coefficient (Wildman–Crippen LogP) is 3.44. The molecule has 0 aromatic rings. The van der Waals surface area contributed by atoms with Crippen LogP contribution in [0.2, 0.25) is 0 Å². The Hall–Kier alpha value is -0.0800. The molecule has 17 heavy (non-hydrogen) atoms. The fourth-order valence-corrected chi connectivity index (χ4v) is 2.89. The van der Waals surface area contributed by atoms with Crippen LogP contribution < -0.4 is 0 Å². The maximum Gasteiger partial charge on any atom is 0.0768 e. The van der Waals surface area contributed by atoms with Crippen LogP contribution in [0.25, 0.3) is 0 Å². The van der Waals surface area contributed by atoms with Crippen LogP contribution in [0.15, 0.2) is 0 Å². The van der Waals surface area contributed by atoms with E-state index in [9.17, 15) is 5.11 Å². The van der Waals surface area contributed by atoms with Gasteiger partial charge in [0.05, 0.1) is 5.60 Å². The summed E-state index contributed by atoms with van der Waals surface area (Å²) in [4.78, 5) is 2.39. The maximum absolute atomic E-state index is 10.4. The molecule has 1 N–H and O–H groups in total. The van der Waals surface area contributed by atoms with Crippen molar-refractivity contribution in [3.8, 4) is 0 Å². The van der Waals surface area contributed by atoms with Crippen LogP contribution in [-0.4, -0.2) is 35.2 Å². The van der Waals surface area contributed by atoms with Crippen LogP contribution in [-0.2, 0) is 0 Å². The summed E-state index contributed by atoms with van der Waals surface area (Å²) in [7, 11) is 2.18. The van der Waals surface area contributed by atoms with Gasteiger partial charge in [-0.1, -0.05) is 27.7 Å². The van der Waals surface area contributed by atoms with E-state index in [0.717, 1.165) is 19.4 Å². The van der Waals surface area contributed by atoms with E-state index in [4.69, 9.17) is 0 Å². The van der Waals surface area contributed by atoms with Gasteiger partial charge in [-0.15, -0.1) is 0 Å². The lowest BCUT2D eigenvalue weighted by Gasteiger charge is -2.41. The number of nitrogens with zero attached hydrogens (tertiary/aromatic N) is 1. The van der Waals surface area contributed by atoms with Crippen molar-refractivity contribution in [3.63, 3.8) is 0 Å². The van der Waals surface area contributed by atoms with Crippen LogP contribution in [0.4, 0.5) is 0 Å². The lowest BCUT2D eigenvalue weighted by molar-refractivity contribution is -0.0153. The molecule has 1 saturated carbocycles. The van der Waals surface area contributed by atoms with Crippen molar-refractivity contribution < 1.29 is 5.11 Å². The molecule has 0 heterocycles. The van der Waals surface area contributed by atoms with Gasteiger partial charge in [-0.2, -0.15) is 0 Å². The summed E-state index contributed by atoms with van der Waals surface area (Å²) < 4.78 is 0. The molecule has 1 rings (SSSR count). The molecular weight excluding hydrogens is 210 g/mol. The molecule has 0 aliphatic heterocycles. The molecule has 0 aromatic heterocycles. The van der Waals surface area contributed by atoms with E-state index in [2.05, 4.69) is 39.6 Å². The predicted molar refractivity (Wildman–Crippen MR) is 74.2 cm³/mol. The lowest BCUT2D eigenvalue weighted by atomic mass is 9.75. The van der Waals surface area contributed by atoms with E-state index < -0.39 is 5.60 Å². The number of aliphatic hydroxyl groups is 1. The average molecular weight is 241 g/mol. The first kappa shape index (κ1) is 15.0. The monoisotopic (exact) mass is 241 g/mol. The van der Waals surface area contributed by atoms with Crippen LogP contribution in [0.5, 0.6) is 0 Å². The number of likely N-dealkylation sites (N-methyl/N-ethyl adjacent to an activating group) is 1.